The number of benzene rings is 2. The van der Waals surface area contributed by atoms with Gasteiger partial charge in [0.25, 0.3) is 0 Å². The van der Waals surface area contributed by atoms with Gasteiger partial charge in [-0.15, -0.1) is 0 Å². The van der Waals surface area contributed by atoms with Crippen LogP contribution in [-0.2, 0) is 6.42 Å². The van der Waals surface area contributed by atoms with Crippen LogP contribution in [0.1, 0.15) is 25.3 Å². The Morgan fingerprint density at radius 2 is 2.05 bits per heavy atom. The molecule has 1 heterocycles. The summed E-state index contributed by atoms with van der Waals surface area (Å²) in [5.74, 6) is 1.65. The quantitative estimate of drug-likeness (QED) is 0.539. The average molecular weight is 345 g/mol. The Kier molecular flexibility index (Phi) is 4.30. The Bertz CT molecular complexity index is 746. The van der Waals surface area contributed by atoms with Gasteiger partial charge in [-0.3, -0.25) is 0 Å². The first-order valence-electron chi connectivity index (χ1n) is 7.20. The summed E-state index contributed by atoms with van der Waals surface area (Å²) in [5, 5.41) is 1.07. The number of hydrogen-bond donors (Lipinski definition) is 0. The van der Waals surface area contributed by atoms with Gasteiger partial charge < -0.3 is 9.15 Å². The summed E-state index contributed by atoms with van der Waals surface area (Å²) in [7, 11) is 0. The van der Waals surface area contributed by atoms with Crippen molar-refractivity contribution in [2.75, 3.05) is 0 Å². The maximum atomic E-state index is 6.14. The monoisotopic (exact) mass is 344 g/mol. The molecule has 0 aliphatic rings. The van der Waals surface area contributed by atoms with Gasteiger partial charge in [0, 0.05) is 9.86 Å². The third-order valence-corrected chi connectivity index (χ3v) is 3.97. The van der Waals surface area contributed by atoms with Crippen molar-refractivity contribution in [3.05, 3.63) is 58.8 Å². The first kappa shape index (κ1) is 14.2. The number of hydrogen-bond acceptors (Lipinski definition) is 2. The predicted octanol–water partition coefficient (Wildman–Crippen LogP) is 6.33. The Balaban J connectivity index is 2.03. The number of aryl methyl sites for hydroxylation is 1. The molecule has 0 unspecified atom stereocenters. The number of ether oxygens (including phenoxy) is 1. The molecule has 0 amide bonds. The highest BCUT2D eigenvalue weighted by Gasteiger charge is 2.13. The van der Waals surface area contributed by atoms with Crippen molar-refractivity contribution in [1.29, 1.82) is 0 Å². The second-order valence-corrected chi connectivity index (χ2v) is 5.97. The van der Waals surface area contributed by atoms with E-state index < -0.39 is 0 Å². The molecule has 3 rings (SSSR count). The minimum atomic E-state index is 0.811. The molecular formula is C18H17BrO2. The smallest absolute Gasteiger partial charge is 0.176 e. The van der Waals surface area contributed by atoms with Crippen molar-refractivity contribution in [1.82, 2.24) is 0 Å². The molecule has 2 aromatic carbocycles. The van der Waals surface area contributed by atoms with Crippen molar-refractivity contribution < 1.29 is 9.15 Å². The summed E-state index contributed by atoms with van der Waals surface area (Å²) in [4.78, 5) is 0. The molecule has 2 nitrogen and oxygen atoms in total. The van der Waals surface area contributed by atoms with Crippen molar-refractivity contribution in [3.63, 3.8) is 0 Å². The number of furan rings is 1. The zero-order valence-corrected chi connectivity index (χ0v) is 13.5. The molecule has 0 atom stereocenters. The molecule has 0 spiro atoms. The highest BCUT2D eigenvalue weighted by atomic mass is 79.9. The third-order valence-electron chi connectivity index (χ3n) is 3.47. The Morgan fingerprint density at radius 1 is 1.14 bits per heavy atom. The zero-order chi connectivity index (χ0) is 14.7. The van der Waals surface area contributed by atoms with Gasteiger partial charge in [-0.05, 0) is 42.7 Å². The summed E-state index contributed by atoms with van der Waals surface area (Å²) in [6.45, 7) is 2.19. The van der Waals surface area contributed by atoms with E-state index in [0.717, 1.165) is 46.2 Å². The highest BCUT2D eigenvalue weighted by Crippen LogP contribution is 2.35. The van der Waals surface area contributed by atoms with E-state index in [1.807, 2.05) is 30.3 Å². The van der Waals surface area contributed by atoms with Gasteiger partial charge in [0.2, 0.25) is 0 Å². The van der Waals surface area contributed by atoms with Crippen LogP contribution in [0.4, 0.5) is 0 Å². The zero-order valence-electron chi connectivity index (χ0n) is 11.9. The molecule has 3 aromatic rings. The molecule has 21 heavy (non-hydrogen) atoms. The van der Waals surface area contributed by atoms with Crippen LogP contribution in [0.3, 0.4) is 0 Å². The predicted molar refractivity (Wildman–Crippen MR) is 89.0 cm³/mol. The molecule has 3 heteroatoms. The minimum Gasteiger partial charge on any atom is -0.460 e. The van der Waals surface area contributed by atoms with E-state index in [9.17, 15) is 0 Å². The van der Waals surface area contributed by atoms with Crippen LogP contribution in [0, 0.1) is 0 Å². The van der Waals surface area contributed by atoms with E-state index >= 15 is 0 Å². The number of rotatable bonds is 5. The minimum absolute atomic E-state index is 0.811. The summed E-state index contributed by atoms with van der Waals surface area (Å²) >= 11 is 3.47. The molecule has 0 saturated heterocycles. The van der Waals surface area contributed by atoms with Crippen molar-refractivity contribution >= 4 is 26.9 Å². The molecule has 0 bridgehead atoms. The lowest BCUT2D eigenvalue weighted by molar-refractivity contribution is 0.465. The first-order valence-corrected chi connectivity index (χ1v) is 7.99. The molecule has 108 valence electrons. The molecule has 1 aromatic heterocycles. The molecule has 0 radical (unpaired) electrons. The number of unbranched alkanes of at least 4 members (excludes halogenated alkanes) is 1. The fourth-order valence-corrected chi connectivity index (χ4v) is 2.75. The van der Waals surface area contributed by atoms with Crippen LogP contribution in [0.15, 0.2) is 57.6 Å². The van der Waals surface area contributed by atoms with E-state index in [-0.39, 0.29) is 0 Å². The Morgan fingerprint density at radius 3 is 2.86 bits per heavy atom. The van der Waals surface area contributed by atoms with Crippen molar-refractivity contribution in [2.24, 2.45) is 0 Å². The lowest BCUT2D eigenvalue weighted by Gasteiger charge is -2.12. The molecular weight excluding hydrogens is 328 g/mol. The maximum Gasteiger partial charge on any atom is 0.176 e. The standard InChI is InChI=1S/C18H17BrO2/c1-2-3-5-13-8-9-14-10-11-20-17(14)18(13)21-16-7-4-6-15(19)12-16/h4,6-12H,2-3,5H2,1H3. The molecule has 0 aliphatic heterocycles. The van der Waals surface area contributed by atoms with E-state index in [1.54, 1.807) is 6.26 Å². The molecule has 0 N–H and O–H groups in total. The fraction of sp³-hybridized carbons (Fsp3) is 0.222. The van der Waals surface area contributed by atoms with Gasteiger partial charge >= 0.3 is 0 Å². The van der Waals surface area contributed by atoms with Crippen LogP contribution in [0.2, 0.25) is 0 Å². The van der Waals surface area contributed by atoms with Gasteiger partial charge in [-0.2, -0.15) is 0 Å². The van der Waals surface area contributed by atoms with Gasteiger partial charge in [-0.1, -0.05) is 47.5 Å². The number of halogens is 1. The van der Waals surface area contributed by atoms with E-state index in [1.165, 1.54) is 5.56 Å². The number of fused-ring (bicyclic) bond motifs is 1. The average Bonchev–Trinajstić information content (AvgIpc) is 2.95. The SMILES string of the molecule is CCCCc1ccc2ccoc2c1Oc1cccc(Br)c1. The highest BCUT2D eigenvalue weighted by molar-refractivity contribution is 9.10. The van der Waals surface area contributed by atoms with Gasteiger partial charge in [-0.25, -0.2) is 0 Å². The van der Waals surface area contributed by atoms with Gasteiger partial charge in [0.05, 0.1) is 6.26 Å². The Hall–Kier alpha value is -1.74. The van der Waals surface area contributed by atoms with Gasteiger partial charge in [0.15, 0.2) is 11.3 Å². The summed E-state index contributed by atoms with van der Waals surface area (Å²) in [5.41, 5.74) is 2.02. The van der Waals surface area contributed by atoms with Crippen molar-refractivity contribution in [3.8, 4) is 11.5 Å². The van der Waals surface area contributed by atoms with Crippen LogP contribution >= 0.6 is 15.9 Å². The van der Waals surface area contributed by atoms with E-state index in [2.05, 4.69) is 35.0 Å². The van der Waals surface area contributed by atoms with E-state index in [4.69, 9.17) is 9.15 Å². The van der Waals surface area contributed by atoms with Crippen molar-refractivity contribution in [2.45, 2.75) is 26.2 Å². The van der Waals surface area contributed by atoms with E-state index in [0.29, 0.717) is 0 Å². The lowest BCUT2D eigenvalue weighted by atomic mass is 10.1. The lowest BCUT2D eigenvalue weighted by Crippen LogP contribution is -1.93. The van der Waals surface area contributed by atoms with Gasteiger partial charge in [0.1, 0.15) is 5.75 Å². The normalized spacial score (nSPS) is 11.0. The van der Waals surface area contributed by atoms with Crippen LogP contribution in [0.25, 0.3) is 11.0 Å². The molecule has 0 aliphatic carbocycles. The second-order valence-electron chi connectivity index (χ2n) is 5.06. The summed E-state index contributed by atoms with van der Waals surface area (Å²) in [6, 6.07) is 14.1. The third kappa shape index (κ3) is 3.13. The van der Waals surface area contributed by atoms with Crippen LogP contribution in [-0.4, -0.2) is 0 Å². The topological polar surface area (TPSA) is 22.4 Å². The van der Waals surface area contributed by atoms with Crippen LogP contribution < -0.4 is 4.74 Å². The Labute approximate surface area is 132 Å². The first-order chi connectivity index (χ1) is 10.3. The molecule has 0 saturated carbocycles. The largest absolute Gasteiger partial charge is 0.460 e. The molecule has 0 fully saturated rings. The summed E-state index contributed by atoms with van der Waals surface area (Å²) in [6.07, 6.45) is 5.01. The summed E-state index contributed by atoms with van der Waals surface area (Å²) < 4.78 is 12.8. The second kappa shape index (κ2) is 6.35. The fourth-order valence-electron chi connectivity index (χ4n) is 2.37. The van der Waals surface area contributed by atoms with Crippen LogP contribution in [0.5, 0.6) is 11.5 Å². The maximum absolute atomic E-state index is 6.14.